The summed E-state index contributed by atoms with van der Waals surface area (Å²) in [5, 5.41) is 10.8. The van der Waals surface area contributed by atoms with Gasteiger partial charge in [-0.2, -0.15) is 0 Å². The highest BCUT2D eigenvalue weighted by Crippen LogP contribution is 2.25. The molecular formula is C16H15NO6. The van der Waals surface area contributed by atoms with Crippen LogP contribution in [0.3, 0.4) is 0 Å². The fraction of sp³-hybridized carbons (Fsp3) is 0.188. The molecule has 2 aromatic carbocycles. The summed E-state index contributed by atoms with van der Waals surface area (Å²) in [5.74, 6) is 0.363. The Hall–Kier alpha value is -3.09. The molecule has 0 unspecified atom stereocenters. The average Bonchev–Trinajstić information content (AvgIpc) is 2.55. The number of rotatable bonds is 7. The number of hydrogen-bond donors (Lipinski definition) is 0. The van der Waals surface area contributed by atoms with E-state index in [1.165, 1.54) is 18.2 Å². The molecule has 2 aromatic rings. The first kappa shape index (κ1) is 16.3. The third kappa shape index (κ3) is 4.70. The predicted octanol–water partition coefficient (Wildman–Crippen LogP) is 2.98. The van der Waals surface area contributed by atoms with Gasteiger partial charge in [0.05, 0.1) is 11.5 Å². The van der Waals surface area contributed by atoms with Gasteiger partial charge in [0, 0.05) is 6.07 Å². The van der Waals surface area contributed by atoms with E-state index < -0.39 is 17.5 Å². The van der Waals surface area contributed by atoms with Crippen LogP contribution in [-0.4, -0.2) is 24.1 Å². The standard InChI is InChI=1S/C16H15NO6/c1-2-21-12-7-9-13(10-8-12)23-16(18)11-22-15-6-4-3-5-14(15)17(19)20/h3-10H,2,11H2,1H3. The molecule has 0 aromatic heterocycles. The van der Waals surface area contributed by atoms with Crippen molar-refractivity contribution in [3.63, 3.8) is 0 Å². The van der Waals surface area contributed by atoms with Gasteiger partial charge in [-0.1, -0.05) is 12.1 Å². The van der Waals surface area contributed by atoms with Crippen molar-refractivity contribution in [2.45, 2.75) is 6.92 Å². The van der Waals surface area contributed by atoms with Gasteiger partial charge in [-0.25, -0.2) is 4.79 Å². The Bertz CT molecular complexity index is 683. The van der Waals surface area contributed by atoms with Crippen molar-refractivity contribution in [2.75, 3.05) is 13.2 Å². The lowest BCUT2D eigenvalue weighted by atomic mass is 10.3. The van der Waals surface area contributed by atoms with Gasteiger partial charge in [0.2, 0.25) is 0 Å². The number of benzene rings is 2. The number of ether oxygens (including phenoxy) is 3. The molecule has 0 amide bonds. The number of nitro benzene ring substituents is 1. The van der Waals surface area contributed by atoms with Gasteiger partial charge < -0.3 is 14.2 Å². The van der Waals surface area contributed by atoms with Crippen LogP contribution in [0.5, 0.6) is 17.2 Å². The van der Waals surface area contributed by atoms with Crippen LogP contribution >= 0.6 is 0 Å². The maximum Gasteiger partial charge on any atom is 0.349 e. The molecule has 23 heavy (non-hydrogen) atoms. The molecule has 7 heteroatoms. The second-order valence-corrected chi connectivity index (χ2v) is 4.39. The Morgan fingerprint density at radius 3 is 2.35 bits per heavy atom. The number of para-hydroxylation sites is 2. The van der Waals surface area contributed by atoms with Gasteiger partial charge in [-0.15, -0.1) is 0 Å². The van der Waals surface area contributed by atoms with Crippen molar-refractivity contribution in [2.24, 2.45) is 0 Å². The monoisotopic (exact) mass is 317 g/mol. The minimum atomic E-state index is -0.660. The number of hydrogen-bond acceptors (Lipinski definition) is 6. The first-order valence-electron chi connectivity index (χ1n) is 6.90. The summed E-state index contributed by atoms with van der Waals surface area (Å²) in [4.78, 5) is 22.0. The van der Waals surface area contributed by atoms with Gasteiger partial charge in [-0.3, -0.25) is 10.1 Å². The lowest BCUT2D eigenvalue weighted by Gasteiger charge is -2.08. The summed E-state index contributed by atoms with van der Waals surface area (Å²) in [6.07, 6.45) is 0. The zero-order chi connectivity index (χ0) is 16.7. The van der Waals surface area contributed by atoms with Gasteiger partial charge in [0.1, 0.15) is 11.5 Å². The average molecular weight is 317 g/mol. The van der Waals surface area contributed by atoms with Crippen LogP contribution in [0.1, 0.15) is 6.92 Å². The summed E-state index contributed by atoms with van der Waals surface area (Å²) < 4.78 is 15.5. The normalized spacial score (nSPS) is 9.96. The molecule has 0 bridgehead atoms. The molecule has 0 heterocycles. The molecule has 0 aliphatic heterocycles. The summed E-state index contributed by atoms with van der Waals surface area (Å²) >= 11 is 0. The maximum atomic E-state index is 11.7. The van der Waals surface area contributed by atoms with Gasteiger partial charge in [-0.05, 0) is 37.3 Å². The van der Waals surface area contributed by atoms with Gasteiger partial charge in [0.15, 0.2) is 12.4 Å². The van der Waals surface area contributed by atoms with E-state index in [1.54, 1.807) is 30.3 Å². The summed E-state index contributed by atoms with van der Waals surface area (Å²) in [6.45, 7) is 1.98. The highest BCUT2D eigenvalue weighted by atomic mass is 16.6. The molecule has 0 aliphatic rings. The number of esters is 1. The molecule has 0 saturated heterocycles. The number of nitro groups is 1. The van der Waals surface area contributed by atoms with E-state index in [4.69, 9.17) is 14.2 Å². The largest absolute Gasteiger partial charge is 0.494 e. The molecule has 0 saturated carbocycles. The number of carbonyl (C=O) groups excluding carboxylic acids is 1. The fourth-order valence-corrected chi connectivity index (χ4v) is 1.80. The van der Waals surface area contributed by atoms with E-state index in [-0.39, 0.29) is 11.4 Å². The number of nitrogens with zero attached hydrogens (tertiary/aromatic N) is 1. The first-order chi connectivity index (χ1) is 11.1. The molecule has 0 aliphatic carbocycles. The molecule has 0 spiro atoms. The third-order valence-corrected chi connectivity index (χ3v) is 2.77. The minimum absolute atomic E-state index is 0.0149. The van der Waals surface area contributed by atoms with Crippen LogP contribution in [0.25, 0.3) is 0 Å². The molecule has 0 fully saturated rings. The van der Waals surface area contributed by atoms with Gasteiger partial charge >= 0.3 is 11.7 Å². The van der Waals surface area contributed by atoms with Crippen molar-refractivity contribution < 1.29 is 23.9 Å². The molecule has 2 rings (SSSR count). The molecule has 0 N–H and O–H groups in total. The van der Waals surface area contributed by atoms with Crippen molar-refractivity contribution in [1.82, 2.24) is 0 Å². The zero-order valence-electron chi connectivity index (χ0n) is 12.4. The van der Waals surface area contributed by atoms with Crippen LogP contribution in [0.4, 0.5) is 5.69 Å². The van der Waals surface area contributed by atoms with Crippen molar-refractivity contribution in [3.05, 3.63) is 58.6 Å². The second kappa shape index (κ2) is 7.79. The fourth-order valence-electron chi connectivity index (χ4n) is 1.80. The lowest BCUT2D eigenvalue weighted by Crippen LogP contribution is -2.18. The predicted molar refractivity (Wildman–Crippen MR) is 81.8 cm³/mol. The SMILES string of the molecule is CCOc1ccc(OC(=O)COc2ccccc2[N+](=O)[O-])cc1. The van der Waals surface area contributed by atoms with Crippen LogP contribution in [0, 0.1) is 10.1 Å². The molecule has 7 nitrogen and oxygen atoms in total. The van der Waals surface area contributed by atoms with Gasteiger partial charge in [0.25, 0.3) is 0 Å². The zero-order valence-corrected chi connectivity index (χ0v) is 12.4. The third-order valence-electron chi connectivity index (χ3n) is 2.77. The second-order valence-electron chi connectivity index (χ2n) is 4.39. The summed E-state index contributed by atoms with van der Waals surface area (Å²) in [7, 11) is 0. The van der Waals surface area contributed by atoms with E-state index >= 15 is 0 Å². The molecule has 0 radical (unpaired) electrons. The maximum absolute atomic E-state index is 11.7. The molecular weight excluding hydrogens is 302 g/mol. The van der Waals surface area contributed by atoms with Crippen LogP contribution < -0.4 is 14.2 Å². The number of carbonyl (C=O) groups is 1. The Morgan fingerprint density at radius 2 is 1.70 bits per heavy atom. The summed E-state index contributed by atoms with van der Waals surface area (Å²) in [6, 6.07) is 12.4. The minimum Gasteiger partial charge on any atom is -0.494 e. The Kier molecular flexibility index (Phi) is 5.51. The highest BCUT2D eigenvalue weighted by Gasteiger charge is 2.15. The first-order valence-corrected chi connectivity index (χ1v) is 6.90. The van der Waals surface area contributed by atoms with Crippen LogP contribution in [0.15, 0.2) is 48.5 Å². The van der Waals surface area contributed by atoms with Crippen molar-refractivity contribution in [3.8, 4) is 17.2 Å². The topological polar surface area (TPSA) is 87.9 Å². The van der Waals surface area contributed by atoms with Crippen LogP contribution in [0.2, 0.25) is 0 Å². The molecule has 0 atom stereocenters. The van der Waals surface area contributed by atoms with Crippen molar-refractivity contribution >= 4 is 11.7 Å². The lowest BCUT2D eigenvalue weighted by molar-refractivity contribution is -0.385. The summed E-state index contributed by atoms with van der Waals surface area (Å²) in [5.41, 5.74) is -0.207. The van der Waals surface area contributed by atoms with E-state index in [9.17, 15) is 14.9 Å². The van der Waals surface area contributed by atoms with E-state index in [1.807, 2.05) is 6.92 Å². The van der Waals surface area contributed by atoms with Crippen LogP contribution in [-0.2, 0) is 4.79 Å². The Labute approximate surface area is 132 Å². The Balaban J connectivity index is 1.91. The Morgan fingerprint density at radius 1 is 1.04 bits per heavy atom. The molecule has 120 valence electrons. The van der Waals surface area contributed by atoms with Crippen molar-refractivity contribution in [1.29, 1.82) is 0 Å². The van der Waals surface area contributed by atoms with E-state index in [0.717, 1.165) is 0 Å². The quantitative estimate of drug-likeness (QED) is 0.337. The highest BCUT2D eigenvalue weighted by molar-refractivity contribution is 5.74. The van der Waals surface area contributed by atoms with E-state index in [0.29, 0.717) is 18.1 Å². The van der Waals surface area contributed by atoms with E-state index in [2.05, 4.69) is 0 Å². The smallest absolute Gasteiger partial charge is 0.349 e.